The molecule has 0 saturated carbocycles. The van der Waals surface area contributed by atoms with Gasteiger partial charge >= 0.3 is 0 Å². The summed E-state index contributed by atoms with van der Waals surface area (Å²) in [4.78, 5) is 0. The summed E-state index contributed by atoms with van der Waals surface area (Å²) in [7, 11) is 0. The van der Waals surface area contributed by atoms with Crippen LogP contribution in [0.15, 0.2) is 36.4 Å². The first-order chi connectivity index (χ1) is 9.13. The number of aryl methyl sites for hydroxylation is 1. The Morgan fingerprint density at radius 3 is 2.68 bits per heavy atom. The van der Waals surface area contributed by atoms with Crippen LogP contribution in [0.25, 0.3) is 0 Å². The van der Waals surface area contributed by atoms with Gasteiger partial charge in [0.15, 0.2) is 0 Å². The van der Waals surface area contributed by atoms with Gasteiger partial charge in [0, 0.05) is 23.2 Å². The van der Waals surface area contributed by atoms with Crippen molar-refractivity contribution in [2.24, 2.45) is 0 Å². The summed E-state index contributed by atoms with van der Waals surface area (Å²) >= 11 is 6.18. The van der Waals surface area contributed by atoms with Crippen molar-refractivity contribution in [2.45, 2.75) is 19.3 Å². The van der Waals surface area contributed by atoms with Gasteiger partial charge in [-0.2, -0.15) is 0 Å². The summed E-state index contributed by atoms with van der Waals surface area (Å²) < 4.78 is 13.0. The first-order valence-corrected chi connectivity index (χ1v) is 6.79. The molecule has 1 aliphatic heterocycles. The van der Waals surface area contributed by atoms with Crippen molar-refractivity contribution in [3.63, 3.8) is 0 Å². The van der Waals surface area contributed by atoms with Crippen molar-refractivity contribution < 1.29 is 4.39 Å². The molecule has 0 spiro atoms. The zero-order chi connectivity index (χ0) is 13.4. The largest absolute Gasteiger partial charge is 0.384 e. The summed E-state index contributed by atoms with van der Waals surface area (Å²) in [5.74, 6) is 0.179. The molecule has 2 aromatic carbocycles. The summed E-state index contributed by atoms with van der Waals surface area (Å²) in [5, 5.41) is 4.25. The Morgan fingerprint density at radius 1 is 1.21 bits per heavy atom. The summed E-state index contributed by atoms with van der Waals surface area (Å²) in [6, 6.07) is 10.9. The molecule has 0 amide bonds. The van der Waals surface area contributed by atoms with E-state index in [1.807, 2.05) is 25.1 Å². The molecule has 1 heterocycles. The minimum absolute atomic E-state index is 0.188. The van der Waals surface area contributed by atoms with E-state index in [9.17, 15) is 4.39 Å². The number of hydrogen-bond donors (Lipinski definition) is 1. The normalized spacial score (nSPS) is 17.7. The Bertz CT molecular complexity index is 607. The summed E-state index contributed by atoms with van der Waals surface area (Å²) in [6.07, 6.45) is 0.938. The van der Waals surface area contributed by atoms with Gasteiger partial charge in [0.05, 0.1) is 0 Å². The van der Waals surface area contributed by atoms with Gasteiger partial charge < -0.3 is 5.32 Å². The van der Waals surface area contributed by atoms with Crippen molar-refractivity contribution >= 4 is 17.3 Å². The molecule has 1 nitrogen and oxygen atoms in total. The molecule has 0 aromatic heterocycles. The van der Waals surface area contributed by atoms with E-state index >= 15 is 0 Å². The highest BCUT2D eigenvalue weighted by atomic mass is 35.5. The maximum absolute atomic E-state index is 13.0. The van der Waals surface area contributed by atoms with E-state index < -0.39 is 0 Å². The lowest BCUT2D eigenvalue weighted by Gasteiger charge is -2.27. The lowest BCUT2D eigenvalue weighted by molar-refractivity contribution is 0.623. The van der Waals surface area contributed by atoms with Crippen LogP contribution < -0.4 is 5.32 Å². The van der Waals surface area contributed by atoms with E-state index in [0.29, 0.717) is 5.92 Å². The third-order valence-corrected chi connectivity index (χ3v) is 4.14. The molecule has 98 valence electrons. The van der Waals surface area contributed by atoms with Crippen LogP contribution >= 0.6 is 11.6 Å². The van der Waals surface area contributed by atoms with Crippen LogP contribution in [0.2, 0.25) is 5.02 Å². The maximum atomic E-state index is 13.0. The zero-order valence-corrected chi connectivity index (χ0v) is 11.5. The van der Waals surface area contributed by atoms with Crippen molar-refractivity contribution in [2.75, 3.05) is 11.9 Å². The molecule has 1 N–H and O–H groups in total. The fourth-order valence-corrected chi connectivity index (χ4v) is 2.78. The molecule has 2 aromatic rings. The average molecular weight is 276 g/mol. The number of rotatable bonds is 1. The predicted octanol–water partition coefficient (Wildman–Crippen LogP) is 4.54. The van der Waals surface area contributed by atoms with Crippen LogP contribution in [0, 0.1) is 12.7 Å². The van der Waals surface area contributed by atoms with Crippen molar-refractivity contribution in [1.29, 1.82) is 0 Å². The molecule has 19 heavy (non-hydrogen) atoms. The van der Waals surface area contributed by atoms with Gasteiger partial charge in [-0.15, -0.1) is 0 Å². The van der Waals surface area contributed by atoms with E-state index in [2.05, 4.69) is 11.4 Å². The fourth-order valence-electron chi connectivity index (χ4n) is 2.60. The topological polar surface area (TPSA) is 12.0 Å². The number of halogens is 2. The van der Waals surface area contributed by atoms with E-state index in [1.165, 1.54) is 23.4 Å². The number of anilines is 1. The minimum atomic E-state index is -0.188. The van der Waals surface area contributed by atoms with Crippen molar-refractivity contribution in [3.8, 4) is 0 Å². The highest BCUT2D eigenvalue weighted by molar-refractivity contribution is 6.31. The van der Waals surface area contributed by atoms with E-state index in [4.69, 9.17) is 11.6 Å². The maximum Gasteiger partial charge on any atom is 0.123 e. The number of fused-ring (bicyclic) bond motifs is 1. The van der Waals surface area contributed by atoms with Gasteiger partial charge in [0.25, 0.3) is 0 Å². The lowest BCUT2D eigenvalue weighted by atomic mass is 9.88. The first kappa shape index (κ1) is 12.5. The van der Waals surface area contributed by atoms with E-state index in [1.54, 1.807) is 0 Å². The van der Waals surface area contributed by atoms with E-state index in [-0.39, 0.29) is 5.82 Å². The third-order valence-electron chi connectivity index (χ3n) is 3.73. The second kappa shape index (κ2) is 4.86. The Labute approximate surface area is 117 Å². The number of benzene rings is 2. The van der Waals surface area contributed by atoms with Gasteiger partial charge in [-0.1, -0.05) is 23.7 Å². The van der Waals surface area contributed by atoms with Gasteiger partial charge in [-0.3, -0.25) is 0 Å². The molecule has 0 saturated heterocycles. The number of hydrogen-bond acceptors (Lipinski definition) is 1. The quantitative estimate of drug-likeness (QED) is 0.806. The standard InChI is InChI=1S/C16H15ClFN/c1-10-6-16-12(8-15(10)17)7-13(9-19-16)11-2-4-14(18)5-3-11/h2-6,8,13,19H,7,9H2,1H3. The lowest BCUT2D eigenvalue weighted by Crippen LogP contribution is -2.21. The third kappa shape index (κ3) is 2.45. The highest BCUT2D eigenvalue weighted by Gasteiger charge is 2.20. The number of nitrogens with one attached hydrogen (secondary N) is 1. The van der Waals surface area contributed by atoms with Gasteiger partial charge in [-0.25, -0.2) is 4.39 Å². The molecule has 1 unspecified atom stereocenters. The van der Waals surface area contributed by atoms with Crippen molar-refractivity contribution in [1.82, 2.24) is 0 Å². The zero-order valence-electron chi connectivity index (χ0n) is 10.7. The molecular weight excluding hydrogens is 261 g/mol. The molecule has 0 aliphatic carbocycles. The molecule has 3 rings (SSSR count). The van der Waals surface area contributed by atoms with Crippen LogP contribution in [0.1, 0.15) is 22.6 Å². The molecule has 3 heteroatoms. The molecule has 1 atom stereocenters. The second-order valence-electron chi connectivity index (χ2n) is 5.09. The summed E-state index contributed by atoms with van der Waals surface area (Å²) in [6.45, 7) is 2.88. The molecular formula is C16H15ClFN. The van der Waals surface area contributed by atoms with Gasteiger partial charge in [0.2, 0.25) is 0 Å². The first-order valence-electron chi connectivity index (χ1n) is 6.42. The Kier molecular flexibility index (Phi) is 3.19. The molecule has 0 fully saturated rings. The van der Waals surface area contributed by atoms with Crippen LogP contribution in [-0.4, -0.2) is 6.54 Å². The second-order valence-corrected chi connectivity index (χ2v) is 5.50. The monoisotopic (exact) mass is 275 g/mol. The van der Waals surface area contributed by atoms with Crippen LogP contribution in [0.4, 0.5) is 10.1 Å². The Hall–Kier alpha value is -1.54. The molecule has 0 radical (unpaired) electrons. The predicted molar refractivity (Wildman–Crippen MR) is 77.5 cm³/mol. The van der Waals surface area contributed by atoms with Crippen LogP contribution in [-0.2, 0) is 6.42 Å². The van der Waals surface area contributed by atoms with Crippen LogP contribution in [0.5, 0.6) is 0 Å². The van der Waals surface area contributed by atoms with Gasteiger partial charge in [-0.05, 0) is 54.3 Å². The molecule has 1 aliphatic rings. The van der Waals surface area contributed by atoms with Crippen LogP contribution in [0.3, 0.4) is 0 Å². The average Bonchev–Trinajstić information content (AvgIpc) is 2.40. The van der Waals surface area contributed by atoms with Gasteiger partial charge in [0.1, 0.15) is 5.82 Å². The fraction of sp³-hybridized carbons (Fsp3) is 0.250. The summed E-state index contributed by atoms with van der Waals surface area (Å²) in [5.41, 5.74) is 4.65. The molecule has 0 bridgehead atoms. The Morgan fingerprint density at radius 2 is 1.95 bits per heavy atom. The SMILES string of the molecule is Cc1cc2c(cc1Cl)CC(c1ccc(F)cc1)CN2. The minimum Gasteiger partial charge on any atom is -0.384 e. The van der Waals surface area contributed by atoms with E-state index in [0.717, 1.165) is 29.1 Å². The smallest absolute Gasteiger partial charge is 0.123 e. The Balaban J connectivity index is 1.89. The van der Waals surface area contributed by atoms with Crippen molar-refractivity contribution in [3.05, 3.63) is 63.9 Å². The highest BCUT2D eigenvalue weighted by Crippen LogP contribution is 2.33.